The number of hydrogen-bond donors (Lipinski definition) is 1. The largest absolute Gasteiger partial charge is 0.381 e. The van der Waals surface area contributed by atoms with Gasteiger partial charge in [0.25, 0.3) is 0 Å². The van der Waals surface area contributed by atoms with Crippen LogP contribution >= 0.6 is 24.0 Å². The Hall–Kier alpha value is -2.39. The molecule has 0 saturated carbocycles. The molecule has 1 N–H and O–H groups in total. The number of nitrogens with zero attached hydrogens (tertiary/aromatic N) is 4. The molecule has 4 rings (SSSR count). The van der Waals surface area contributed by atoms with Crippen molar-refractivity contribution in [3.63, 3.8) is 0 Å². The molecule has 2 heterocycles. The summed E-state index contributed by atoms with van der Waals surface area (Å²) < 4.78 is 7.57. The molecule has 0 bridgehead atoms. The van der Waals surface area contributed by atoms with E-state index in [9.17, 15) is 0 Å². The summed E-state index contributed by atoms with van der Waals surface area (Å²) in [6, 6.07) is 17.4. The third-order valence-corrected chi connectivity index (χ3v) is 6.43. The second kappa shape index (κ2) is 13.5. The first-order chi connectivity index (χ1) is 16.2. The minimum absolute atomic E-state index is 0. The quantitative estimate of drug-likeness (QED) is 0.233. The van der Waals surface area contributed by atoms with Gasteiger partial charge in [0.15, 0.2) is 5.96 Å². The molecule has 0 amide bonds. The standard InChI is InChI=1S/C27H35N5O.HI/c1-28-27(31(2)15-11-22-12-17-33-18-13-22)30-19-25-5-3-4-6-26(25)24-9-7-23(8-10-24)20-32-16-14-29-21-32;/h3-10,14,16,21-22H,11-13,15,17-20H2,1-2H3,(H,28,30);1H. The van der Waals surface area contributed by atoms with Crippen LogP contribution in [0.15, 0.2) is 72.2 Å². The van der Waals surface area contributed by atoms with Crippen molar-refractivity contribution in [1.82, 2.24) is 19.8 Å². The Balaban J connectivity index is 0.00000324. The normalized spacial score (nSPS) is 14.5. The average molecular weight is 574 g/mol. The Morgan fingerprint density at radius 3 is 2.62 bits per heavy atom. The van der Waals surface area contributed by atoms with E-state index in [1.165, 1.54) is 41.5 Å². The summed E-state index contributed by atoms with van der Waals surface area (Å²) in [6.07, 6.45) is 9.18. The fourth-order valence-electron chi connectivity index (χ4n) is 4.41. The monoisotopic (exact) mass is 573 g/mol. The third-order valence-electron chi connectivity index (χ3n) is 6.43. The highest BCUT2D eigenvalue weighted by molar-refractivity contribution is 14.0. The first kappa shape index (κ1) is 26.2. The van der Waals surface area contributed by atoms with Crippen LogP contribution in [0, 0.1) is 5.92 Å². The van der Waals surface area contributed by atoms with Crippen LogP contribution in [0.25, 0.3) is 11.1 Å². The molecule has 0 atom stereocenters. The molecule has 7 heteroatoms. The Morgan fingerprint density at radius 2 is 1.91 bits per heavy atom. The average Bonchev–Trinajstić information content (AvgIpc) is 3.38. The molecule has 6 nitrogen and oxygen atoms in total. The minimum Gasteiger partial charge on any atom is -0.381 e. The van der Waals surface area contributed by atoms with Crippen LogP contribution < -0.4 is 5.32 Å². The first-order valence-electron chi connectivity index (χ1n) is 11.9. The topological polar surface area (TPSA) is 54.7 Å². The Bertz CT molecular complexity index is 1010. The van der Waals surface area contributed by atoms with E-state index in [1.807, 2.05) is 25.8 Å². The molecular formula is C27H36IN5O. The lowest BCUT2D eigenvalue weighted by Gasteiger charge is -2.27. The molecule has 1 aliphatic heterocycles. The van der Waals surface area contributed by atoms with Crippen molar-refractivity contribution in [2.24, 2.45) is 10.9 Å². The lowest BCUT2D eigenvalue weighted by molar-refractivity contribution is 0.0625. The number of imidazole rings is 1. The molecular weight excluding hydrogens is 537 g/mol. The molecule has 182 valence electrons. The Morgan fingerprint density at radius 1 is 1.15 bits per heavy atom. The number of nitrogens with one attached hydrogen (secondary N) is 1. The molecule has 0 radical (unpaired) electrons. The zero-order valence-corrected chi connectivity index (χ0v) is 22.5. The van der Waals surface area contributed by atoms with Crippen LogP contribution in [-0.4, -0.2) is 54.3 Å². The SMILES string of the molecule is CN=C(NCc1ccccc1-c1ccc(Cn2ccnc2)cc1)N(C)CCC1CCOCC1.I. The van der Waals surface area contributed by atoms with Crippen LogP contribution in [0.2, 0.25) is 0 Å². The number of benzene rings is 2. The first-order valence-corrected chi connectivity index (χ1v) is 11.9. The molecule has 3 aromatic rings. The van der Waals surface area contributed by atoms with E-state index in [2.05, 4.69) is 80.3 Å². The van der Waals surface area contributed by atoms with Gasteiger partial charge in [-0.05, 0) is 47.4 Å². The van der Waals surface area contributed by atoms with Gasteiger partial charge in [-0.25, -0.2) is 4.98 Å². The number of ether oxygens (including phenoxy) is 1. The van der Waals surface area contributed by atoms with Gasteiger partial charge in [-0.15, -0.1) is 24.0 Å². The second-order valence-electron chi connectivity index (χ2n) is 8.76. The number of rotatable bonds is 8. The summed E-state index contributed by atoms with van der Waals surface area (Å²) in [5.74, 6) is 1.70. The Kier molecular flexibility index (Phi) is 10.4. The van der Waals surface area contributed by atoms with Crippen molar-refractivity contribution < 1.29 is 4.74 Å². The van der Waals surface area contributed by atoms with Gasteiger partial charge in [0.1, 0.15) is 0 Å². The van der Waals surface area contributed by atoms with Crippen LogP contribution in [0.4, 0.5) is 0 Å². The minimum atomic E-state index is 0. The molecule has 0 aliphatic carbocycles. The fourth-order valence-corrected chi connectivity index (χ4v) is 4.41. The smallest absolute Gasteiger partial charge is 0.193 e. The number of aliphatic imine (C=N–C) groups is 1. The second-order valence-corrected chi connectivity index (χ2v) is 8.76. The maximum Gasteiger partial charge on any atom is 0.193 e. The zero-order valence-electron chi connectivity index (χ0n) is 20.2. The highest BCUT2D eigenvalue weighted by Crippen LogP contribution is 2.24. The highest BCUT2D eigenvalue weighted by Gasteiger charge is 2.15. The van der Waals surface area contributed by atoms with Gasteiger partial charge in [-0.2, -0.15) is 0 Å². The van der Waals surface area contributed by atoms with Crippen molar-refractivity contribution in [3.8, 4) is 11.1 Å². The van der Waals surface area contributed by atoms with Gasteiger partial charge in [0, 0.05) is 59.3 Å². The molecule has 0 unspecified atom stereocenters. The van der Waals surface area contributed by atoms with Gasteiger partial charge < -0.3 is 19.5 Å². The molecule has 1 aliphatic rings. The van der Waals surface area contributed by atoms with E-state index >= 15 is 0 Å². The van der Waals surface area contributed by atoms with Gasteiger partial charge in [-0.3, -0.25) is 4.99 Å². The van der Waals surface area contributed by atoms with Crippen molar-refractivity contribution in [1.29, 1.82) is 0 Å². The lowest BCUT2D eigenvalue weighted by Crippen LogP contribution is -2.39. The van der Waals surface area contributed by atoms with Gasteiger partial charge in [-0.1, -0.05) is 48.5 Å². The van der Waals surface area contributed by atoms with Crippen molar-refractivity contribution in [3.05, 3.63) is 78.4 Å². The van der Waals surface area contributed by atoms with Crippen molar-refractivity contribution in [2.75, 3.05) is 33.9 Å². The van der Waals surface area contributed by atoms with E-state index in [-0.39, 0.29) is 24.0 Å². The maximum atomic E-state index is 5.49. The van der Waals surface area contributed by atoms with Crippen molar-refractivity contribution >= 4 is 29.9 Å². The maximum absolute atomic E-state index is 5.49. The molecule has 0 spiro atoms. The predicted octanol–water partition coefficient (Wildman–Crippen LogP) is 5.04. The van der Waals surface area contributed by atoms with Crippen molar-refractivity contribution in [2.45, 2.75) is 32.4 Å². The molecule has 1 fully saturated rings. The Labute approximate surface area is 220 Å². The van der Waals surface area contributed by atoms with E-state index in [0.717, 1.165) is 44.7 Å². The summed E-state index contributed by atoms with van der Waals surface area (Å²) in [7, 11) is 3.98. The zero-order chi connectivity index (χ0) is 22.9. The molecule has 1 saturated heterocycles. The predicted molar refractivity (Wildman–Crippen MR) is 150 cm³/mol. The molecule has 34 heavy (non-hydrogen) atoms. The molecule has 2 aromatic carbocycles. The number of halogens is 1. The summed E-state index contributed by atoms with van der Waals surface area (Å²) >= 11 is 0. The summed E-state index contributed by atoms with van der Waals surface area (Å²) in [6.45, 7) is 4.39. The van der Waals surface area contributed by atoms with Crippen LogP contribution in [0.1, 0.15) is 30.4 Å². The summed E-state index contributed by atoms with van der Waals surface area (Å²) in [4.78, 5) is 10.9. The van der Waals surface area contributed by atoms with Crippen LogP contribution in [0.3, 0.4) is 0 Å². The van der Waals surface area contributed by atoms with E-state index in [4.69, 9.17) is 4.74 Å². The number of guanidine groups is 1. The summed E-state index contributed by atoms with van der Waals surface area (Å²) in [5, 5.41) is 3.57. The van der Waals surface area contributed by atoms with E-state index in [1.54, 1.807) is 0 Å². The van der Waals surface area contributed by atoms with E-state index in [0.29, 0.717) is 0 Å². The lowest BCUT2D eigenvalue weighted by atomic mass is 9.96. The number of hydrogen-bond acceptors (Lipinski definition) is 3. The van der Waals surface area contributed by atoms with Gasteiger partial charge in [0.2, 0.25) is 0 Å². The van der Waals surface area contributed by atoms with Crippen LogP contribution in [-0.2, 0) is 17.8 Å². The summed E-state index contributed by atoms with van der Waals surface area (Å²) in [5.41, 5.74) is 5.00. The third kappa shape index (κ3) is 7.30. The van der Waals surface area contributed by atoms with Gasteiger partial charge >= 0.3 is 0 Å². The highest BCUT2D eigenvalue weighted by atomic mass is 127. The van der Waals surface area contributed by atoms with Crippen LogP contribution in [0.5, 0.6) is 0 Å². The fraction of sp³-hybridized carbons (Fsp3) is 0.407. The molecule has 1 aromatic heterocycles. The number of aromatic nitrogens is 2. The van der Waals surface area contributed by atoms with Gasteiger partial charge in [0.05, 0.1) is 6.33 Å². The van der Waals surface area contributed by atoms with E-state index < -0.39 is 0 Å².